The third-order valence-corrected chi connectivity index (χ3v) is 10.3. The summed E-state index contributed by atoms with van der Waals surface area (Å²) in [5.41, 5.74) is 1.40. The summed E-state index contributed by atoms with van der Waals surface area (Å²) in [6.45, 7) is 10.5. The fourth-order valence-corrected chi connectivity index (χ4v) is 8.89. The molecule has 0 spiro atoms. The number of hydrogen-bond acceptors (Lipinski definition) is 0. The summed E-state index contributed by atoms with van der Waals surface area (Å²) in [7, 11) is 0. The van der Waals surface area contributed by atoms with Gasteiger partial charge in [-0.3, -0.25) is 0 Å². The fraction of sp³-hybridized carbons (Fsp3) is 1.00. The molecule has 0 amide bonds. The van der Waals surface area contributed by atoms with Crippen molar-refractivity contribution < 1.29 is 0 Å². The number of unbranched alkanes of at least 4 members (excludes halogenated alkanes) is 2. The lowest BCUT2D eigenvalue weighted by atomic mass is 9.43. The molecule has 8 atom stereocenters. The van der Waals surface area contributed by atoms with Crippen LogP contribution < -0.4 is 0 Å². The van der Waals surface area contributed by atoms with Crippen LogP contribution in [0.3, 0.4) is 0 Å². The lowest BCUT2D eigenvalue weighted by molar-refractivity contribution is -0.134. The summed E-state index contributed by atoms with van der Waals surface area (Å²) in [5.74, 6) is 6.30. The summed E-state index contributed by atoms with van der Waals surface area (Å²) in [6.07, 6.45) is 19.8. The SMILES string of the molecule is CCCCCC1CCC2C3C(C)CC4CCCCC4(C)C3CCC12C. The van der Waals surface area contributed by atoms with Gasteiger partial charge >= 0.3 is 0 Å². The quantitative estimate of drug-likeness (QED) is 0.455. The van der Waals surface area contributed by atoms with Gasteiger partial charge in [0.15, 0.2) is 0 Å². The molecule has 4 aliphatic carbocycles. The molecule has 8 unspecified atom stereocenters. The molecule has 0 saturated heterocycles. The molecule has 0 heteroatoms. The van der Waals surface area contributed by atoms with Gasteiger partial charge in [0, 0.05) is 0 Å². The lowest BCUT2D eigenvalue weighted by Gasteiger charge is -2.62. The van der Waals surface area contributed by atoms with E-state index in [-0.39, 0.29) is 0 Å². The van der Waals surface area contributed by atoms with E-state index in [1.54, 1.807) is 44.9 Å². The van der Waals surface area contributed by atoms with Crippen LogP contribution in [0.15, 0.2) is 0 Å². The van der Waals surface area contributed by atoms with Crippen LogP contribution in [0.5, 0.6) is 0 Å². The van der Waals surface area contributed by atoms with E-state index in [0.29, 0.717) is 10.8 Å². The Bertz CT molecular complexity index is 467. The molecule has 4 aliphatic rings. The monoisotopic (exact) mass is 344 g/mol. The van der Waals surface area contributed by atoms with Gasteiger partial charge in [0.2, 0.25) is 0 Å². The zero-order valence-electron chi connectivity index (χ0n) is 17.7. The van der Waals surface area contributed by atoms with Crippen molar-refractivity contribution in [1.29, 1.82) is 0 Å². The molecule has 4 rings (SSSR count). The molecule has 25 heavy (non-hydrogen) atoms. The highest BCUT2D eigenvalue weighted by molar-refractivity contribution is 5.10. The first-order valence-corrected chi connectivity index (χ1v) is 12.0. The van der Waals surface area contributed by atoms with Gasteiger partial charge in [-0.2, -0.15) is 0 Å². The van der Waals surface area contributed by atoms with E-state index in [1.807, 2.05) is 0 Å². The van der Waals surface area contributed by atoms with Crippen LogP contribution in [0, 0.1) is 46.3 Å². The highest BCUT2D eigenvalue weighted by Gasteiger charge is 2.60. The summed E-state index contributed by atoms with van der Waals surface area (Å²) >= 11 is 0. The van der Waals surface area contributed by atoms with E-state index in [9.17, 15) is 0 Å². The standard InChI is InChI=1S/C25H44/c1-5-6-7-10-19-12-13-21-23-18(2)17-20-11-8-9-15-24(20,3)22(23)14-16-25(19,21)4/h18-23H,5-17H2,1-4H3. The smallest absolute Gasteiger partial charge is 0.0266 e. The van der Waals surface area contributed by atoms with Crippen molar-refractivity contribution in [2.45, 2.75) is 111 Å². The molecule has 0 aliphatic heterocycles. The Morgan fingerprint density at radius 3 is 2.44 bits per heavy atom. The van der Waals surface area contributed by atoms with Crippen LogP contribution in [0.25, 0.3) is 0 Å². The number of fused-ring (bicyclic) bond motifs is 5. The first kappa shape index (κ1) is 18.4. The first-order chi connectivity index (χ1) is 12.0. The van der Waals surface area contributed by atoms with Crippen molar-refractivity contribution in [3.8, 4) is 0 Å². The molecule has 4 fully saturated rings. The average molecular weight is 345 g/mol. The maximum absolute atomic E-state index is 2.74. The Kier molecular flexibility index (Phi) is 5.04. The van der Waals surface area contributed by atoms with Crippen molar-refractivity contribution in [2.24, 2.45) is 46.3 Å². The fourth-order valence-electron chi connectivity index (χ4n) is 8.89. The Morgan fingerprint density at radius 2 is 1.64 bits per heavy atom. The molecule has 0 N–H and O–H groups in total. The second kappa shape index (κ2) is 6.87. The Balaban J connectivity index is 1.55. The molecule has 0 radical (unpaired) electrons. The van der Waals surface area contributed by atoms with Crippen LogP contribution >= 0.6 is 0 Å². The number of hydrogen-bond donors (Lipinski definition) is 0. The van der Waals surface area contributed by atoms with Crippen LogP contribution in [-0.2, 0) is 0 Å². The van der Waals surface area contributed by atoms with Gasteiger partial charge in [0.25, 0.3) is 0 Å². The van der Waals surface area contributed by atoms with E-state index in [0.717, 1.165) is 35.5 Å². The molecular formula is C25H44. The molecule has 0 aromatic heterocycles. The Morgan fingerprint density at radius 1 is 0.840 bits per heavy atom. The van der Waals surface area contributed by atoms with Crippen LogP contribution in [0.1, 0.15) is 111 Å². The Hall–Kier alpha value is 0. The van der Waals surface area contributed by atoms with E-state index < -0.39 is 0 Å². The second-order valence-corrected chi connectivity index (χ2v) is 11.3. The Labute approximate surface area is 157 Å². The highest BCUT2D eigenvalue weighted by atomic mass is 14.7. The molecule has 0 bridgehead atoms. The maximum Gasteiger partial charge on any atom is -0.0266 e. The van der Waals surface area contributed by atoms with E-state index in [4.69, 9.17) is 0 Å². The predicted molar refractivity (Wildman–Crippen MR) is 109 cm³/mol. The normalized spacial score (nSPS) is 52.3. The molecule has 0 nitrogen and oxygen atoms in total. The minimum Gasteiger partial charge on any atom is -0.0654 e. The zero-order chi connectivity index (χ0) is 17.7. The van der Waals surface area contributed by atoms with Crippen molar-refractivity contribution in [3.63, 3.8) is 0 Å². The van der Waals surface area contributed by atoms with Crippen LogP contribution in [-0.4, -0.2) is 0 Å². The van der Waals surface area contributed by atoms with Gasteiger partial charge in [-0.1, -0.05) is 59.8 Å². The highest BCUT2D eigenvalue weighted by Crippen LogP contribution is 2.69. The van der Waals surface area contributed by atoms with Crippen molar-refractivity contribution in [2.75, 3.05) is 0 Å². The second-order valence-electron chi connectivity index (χ2n) is 11.3. The van der Waals surface area contributed by atoms with Crippen molar-refractivity contribution >= 4 is 0 Å². The van der Waals surface area contributed by atoms with Gasteiger partial charge in [0.05, 0.1) is 0 Å². The third kappa shape index (κ3) is 2.84. The molecular weight excluding hydrogens is 300 g/mol. The van der Waals surface area contributed by atoms with Gasteiger partial charge in [-0.05, 0) is 97.7 Å². The minimum absolute atomic E-state index is 0.695. The minimum atomic E-state index is 0.695. The summed E-state index contributed by atoms with van der Waals surface area (Å²) in [5, 5.41) is 0. The van der Waals surface area contributed by atoms with Crippen molar-refractivity contribution in [1.82, 2.24) is 0 Å². The molecule has 144 valence electrons. The number of rotatable bonds is 4. The summed E-state index contributed by atoms with van der Waals surface area (Å²) < 4.78 is 0. The predicted octanol–water partition coefficient (Wildman–Crippen LogP) is 7.86. The molecule has 0 heterocycles. The van der Waals surface area contributed by atoms with Crippen LogP contribution in [0.2, 0.25) is 0 Å². The van der Waals surface area contributed by atoms with Crippen LogP contribution in [0.4, 0.5) is 0 Å². The van der Waals surface area contributed by atoms with Gasteiger partial charge < -0.3 is 0 Å². The van der Waals surface area contributed by atoms with Gasteiger partial charge in [-0.15, -0.1) is 0 Å². The lowest BCUT2D eigenvalue weighted by Crippen LogP contribution is -2.55. The molecule has 0 aromatic rings. The van der Waals surface area contributed by atoms with Gasteiger partial charge in [0.1, 0.15) is 0 Å². The van der Waals surface area contributed by atoms with Crippen molar-refractivity contribution in [3.05, 3.63) is 0 Å². The molecule has 4 saturated carbocycles. The molecule has 0 aromatic carbocycles. The maximum atomic E-state index is 2.74. The van der Waals surface area contributed by atoms with Gasteiger partial charge in [-0.25, -0.2) is 0 Å². The average Bonchev–Trinajstić information content (AvgIpc) is 2.92. The van der Waals surface area contributed by atoms with E-state index >= 15 is 0 Å². The zero-order valence-corrected chi connectivity index (χ0v) is 17.7. The first-order valence-electron chi connectivity index (χ1n) is 12.0. The largest absolute Gasteiger partial charge is 0.0654 e. The van der Waals surface area contributed by atoms with E-state index in [2.05, 4.69) is 27.7 Å². The summed E-state index contributed by atoms with van der Waals surface area (Å²) in [6, 6.07) is 0. The topological polar surface area (TPSA) is 0 Å². The third-order valence-electron chi connectivity index (χ3n) is 10.3. The van der Waals surface area contributed by atoms with E-state index in [1.165, 1.54) is 38.5 Å². The summed E-state index contributed by atoms with van der Waals surface area (Å²) in [4.78, 5) is 0.